The average molecular weight is 512 g/mol. The number of fused-ring (bicyclic) bond motifs is 1. The molecular formula is C27H34ClN5O3. The molecule has 2 atom stereocenters. The molecular weight excluding hydrogens is 478 g/mol. The van der Waals surface area contributed by atoms with Crippen molar-refractivity contribution < 1.29 is 14.7 Å². The van der Waals surface area contributed by atoms with Gasteiger partial charge in [-0.15, -0.1) is 0 Å². The maximum absolute atomic E-state index is 13.2. The summed E-state index contributed by atoms with van der Waals surface area (Å²) in [5.41, 5.74) is 4.02. The number of amides is 1. The molecule has 0 aliphatic carbocycles. The Labute approximate surface area is 216 Å². The van der Waals surface area contributed by atoms with Crippen molar-refractivity contribution in [2.75, 3.05) is 13.1 Å². The van der Waals surface area contributed by atoms with E-state index in [0.29, 0.717) is 35.8 Å². The minimum Gasteiger partial charge on any atom is -0.391 e. The summed E-state index contributed by atoms with van der Waals surface area (Å²) < 4.78 is 1.85. The second-order valence-electron chi connectivity index (χ2n) is 10.7. The smallest absolute Gasteiger partial charge is 0.246 e. The molecule has 2 aromatic heterocycles. The number of nitrogens with zero attached hydrogens (tertiary/aromatic N) is 4. The highest BCUT2D eigenvalue weighted by molar-refractivity contribution is 6.32. The van der Waals surface area contributed by atoms with Crippen LogP contribution in [0.3, 0.4) is 0 Å². The number of imidazole rings is 1. The fourth-order valence-corrected chi connectivity index (χ4v) is 5.53. The average Bonchev–Trinajstić information content (AvgIpc) is 3.45. The van der Waals surface area contributed by atoms with Crippen LogP contribution < -0.4 is 0 Å². The summed E-state index contributed by atoms with van der Waals surface area (Å²) in [4.78, 5) is 31.3. The van der Waals surface area contributed by atoms with Crippen molar-refractivity contribution >= 4 is 34.2 Å². The number of β-amino-alcohol motifs (C(OH)–C–C–N with tert-alkyl or cyclic N) is 1. The molecule has 36 heavy (non-hydrogen) atoms. The van der Waals surface area contributed by atoms with Crippen molar-refractivity contribution in [2.45, 2.75) is 58.5 Å². The number of hydrogen-bond acceptors (Lipinski definition) is 5. The number of aliphatic hydroxyl groups excluding tert-OH is 1. The van der Waals surface area contributed by atoms with E-state index in [-0.39, 0.29) is 36.0 Å². The molecule has 4 rings (SSSR count). The fraction of sp³-hybridized carbons (Fsp3) is 0.481. The molecule has 1 aromatic carbocycles. The summed E-state index contributed by atoms with van der Waals surface area (Å²) >= 11 is 6.50. The normalized spacial score (nSPS) is 18.2. The molecule has 1 fully saturated rings. The Morgan fingerprint density at radius 1 is 1.28 bits per heavy atom. The van der Waals surface area contributed by atoms with Crippen LogP contribution in [-0.4, -0.2) is 60.6 Å². The molecule has 2 N–H and O–H groups in total. The Hall–Kier alpha value is -2.97. The van der Waals surface area contributed by atoms with Gasteiger partial charge >= 0.3 is 0 Å². The number of aromatic nitrogens is 4. The first kappa shape index (κ1) is 26.1. The lowest BCUT2D eigenvalue weighted by Gasteiger charge is -2.20. The van der Waals surface area contributed by atoms with Crippen molar-refractivity contribution in [3.05, 3.63) is 58.3 Å². The van der Waals surface area contributed by atoms with E-state index < -0.39 is 6.10 Å². The van der Waals surface area contributed by atoms with Crippen LogP contribution in [0.5, 0.6) is 0 Å². The predicted octanol–water partition coefficient (Wildman–Crippen LogP) is 3.92. The van der Waals surface area contributed by atoms with Crippen LogP contribution >= 0.6 is 11.6 Å². The van der Waals surface area contributed by atoms with Gasteiger partial charge in [0, 0.05) is 55.0 Å². The summed E-state index contributed by atoms with van der Waals surface area (Å²) in [5, 5.41) is 19.7. The maximum atomic E-state index is 13.2. The first-order valence-corrected chi connectivity index (χ1v) is 12.6. The predicted molar refractivity (Wildman–Crippen MR) is 140 cm³/mol. The van der Waals surface area contributed by atoms with Gasteiger partial charge in [0.2, 0.25) is 5.91 Å². The quantitative estimate of drug-likeness (QED) is 0.369. The second-order valence-corrected chi connectivity index (χ2v) is 11.1. The summed E-state index contributed by atoms with van der Waals surface area (Å²) in [6.45, 7) is 12.3. The lowest BCUT2D eigenvalue weighted by atomic mass is 9.86. The third kappa shape index (κ3) is 4.97. The second kappa shape index (κ2) is 9.82. The maximum Gasteiger partial charge on any atom is 0.246 e. The third-order valence-corrected chi connectivity index (χ3v) is 7.41. The summed E-state index contributed by atoms with van der Waals surface area (Å²) in [6.07, 6.45) is 1.97. The molecule has 9 heteroatoms. The van der Waals surface area contributed by atoms with Crippen molar-refractivity contribution in [2.24, 2.45) is 13.0 Å². The SMILES string of the molecule is C=CC(=O)N1C[C@H](CC(=O)c2c(C)nc(CCc3[nH]nc4cc(Cl)c(C(C)(C)C)cc34)n2C)[C@H](O)C1. The number of carbonyl (C=O) groups excluding carboxylic acids is 2. The molecule has 3 aromatic rings. The number of Topliss-reactive ketones (excluding diaryl/α,β-unsaturated/α-hetero) is 1. The minimum atomic E-state index is -0.731. The molecule has 0 unspecified atom stereocenters. The van der Waals surface area contributed by atoms with E-state index in [1.165, 1.54) is 11.0 Å². The highest BCUT2D eigenvalue weighted by Gasteiger charge is 2.35. The third-order valence-electron chi connectivity index (χ3n) is 7.09. The van der Waals surface area contributed by atoms with Crippen LogP contribution in [0, 0.1) is 12.8 Å². The number of likely N-dealkylation sites (tertiary alicyclic amines) is 1. The minimum absolute atomic E-state index is 0.0813. The van der Waals surface area contributed by atoms with Gasteiger partial charge in [0.05, 0.1) is 17.3 Å². The van der Waals surface area contributed by atoms with Crippen LogP contribution in [0.25, 0.3) is 10.9 Å². The Balaban J connectivity index is 1.50. The number of carbonyl (C=O) groups is 2. The summed E-state index contributed by atoms with van der Waals surface area (Å²) in [5.74, 6) is 0.187. The van der Waals surface area contributed by atoms with Gasteiger partial charge in [-0.3, -0.25) is 14.7 Å². The van der Waals surface area contributed by atoms with E-state index in [1.54, 1.807) is 0 Å². The number of hydrogen-bond donors (Lipinski definition) is 2. The molecule has 192 valence electrons. The van der Waals surface area contributed by atoms with E-state index >= 15 is 0 Å². The number of halogens is 1. The van der Waals surface area contributed by atoms with Gasteiger partial charge in [0.1, 0.15) is 11.5 Å². The molecule has 0 radical (unpaired) electrons. The Morgan fingerprint density at radius 3 is 2.67 bits per heavy atom. The standard InChI is InChI=1S/C27H34ClN5O3/c1-7-25(36)33-13-16(23(35)14-33)10-22(34)26-15(2)29-24(32(26)6)9-8-20-17-11-18(27(3,4)5)19(28)12-21(17)31-30-20/h7,11-12,16,23,35H,1,8-10,13-14H2,2-6H3,(H,30,31)/t16-,23+/m0/s1. The van der Waals surface area contributed by atoms with Gasteiger partial charge < -0.3 is 14.6 Å². The number of nitrogens with one attached hydrogen (secondary N) is 1. The van der Waals surface area contributed by atoms with Crippen LogP contribution in [0.1, 0.15) is 60.5 Å². The molecule has 1 aliphatic rings. The van der Waals surface area contributed by atoms with Crippen molar-refractivity contribution in [3.63, 3.8) is 0 Å². The fourth-order valence-electron chi connectivity index (χ4n) is 5.09. The first-order valence-electron chi connectivity index (χ1n) is 12.2. The van der Waals surface area contributed by atoms with Gasteiger partial charge in [0.15, 0.2) is 5.78 Å². The van der Waals surface area contributed by atoms with Crippen molar-refractivity contribution in [1.29, 1.82) is 0 Å². The molecule has 1 amide bonds. The molecule has 0 bridgehead atoms. The molecule has 1 aliphatic heterocycles. The molecule has 8 nitrogen and oxygen atoms in total. The highest BCUT2D eigenvalue weighted by atomic mass is 35.5. The van der Waals surface area contributed by atoms with Crippen LogP contribution in [0.2, 0.25) is 5.02 Å². The van der Waals surface area contributed by atoms with Gasteiger partial charge in [-0.25, -0.2) is 4.98 Å². The lowest BCUT2D eigenvalue weighted by molar-refractivity contribution is -0.125. The van der Waals surface area contributed by atoms with E-state index in [1.807, 2.05) is 24.6 Å². The van der Waals surface area contributed by atoms with Gasteiger partial charge in [-0.1, -0.05) is 39.0 Å². The largest absolute Gasteiger partial charge is 0.391 e. The zero-order valence-corrected chi connectivity index (χ0v) is 22.3. The summed E-state index contributed by atoms with van der Waals surface area (Å²) in [7, 11) is 1.85. The van der Waals surface area contributed by atoms with E-state index in [2.05, 4.69) is 48.6 Å². The highest BCUT2D eigenvalue weighted by Crippen LogP contribution is 2.34. The van der Waals surface area contributed by atoms with Gasteiger partial charge in [-0.05, 0) is 42.5 Å². The number of aryl methyl sites for hydroxylation is 3. The summed E-state index contributed by atoms with van der Waals surface area (Å²) in [6, 6.07) is 4.02. The van der Waals surface area contributed by atoms with E-state index in [0.717, 1.165) is 28.0 Å². The van der Waals surface area contributed by atoms with Crippen molar-refractivity contribution in [1.82, 2.24) is 24.6 Å². The van der Waals surface area contributed by atoms with Crippen LogP contribution in [-0.2, 0) is 30.1 Å². The van der Waals surface area contributed by atoms with Gasteiger partial charge in [0.25, 0.3) is 0 Å². The number of rotatable bonds is 7. The molecule has 1 saturated heterocycles. The molecule has 0 saturated carbocycles. The number of H-pyrrole nitrogens is 1. The number of benzene rings is 1. The lowest BCUT2D eigenvalue weighted by Crippen LogP contribution is -2.27. The first-order chi connectivity index (χ1) is 16.9. The Morgan fingerprint density at radius 2 is 2.00 bits per heavy atom. The molecule has 3 heterocycles. The van der Waals surface area contributed by atoms with Gasteiger partial charge in [-0.2, -0.15) is 5.10 Å². The van der Waals surface area contributed by atoms with Crippen LogP contribution in [0.4, 0.5) is 0 Å². The zero-order chi connectivity index (χ0) is 26.4. The van der Waals surface area contributed by atoms with Crippen LogP contribution in [0.15, 0.2) is 24.8 Å². The van der Waals surface area contributed by atoms with E-state index in [4.69, 9.17) is 11.6 Å². The Bertz CT molecular complexity index is 1330. The number of aromatic amines is 1. The van der Waals surface area contributed by atoms with Crippen molar-refractivity contribution in [3.8, 4) is 0 Å². The number of ketones is 1. The molecule has 0 spiro atoms. The van der Waals surface area contributed by atoms with E-state index in [9.17, 15) is 14.7 Å². The monoisotopic (exact) mass is 511 g/mol. The topological polar surface area (TPSA) is 104 Å². The zero-order valence-electron chi connectivity index (χ0n) is 21.6. The Kier molecular flexibility index (Phi) is 7.12. The number of aliphatic hydroxyl groups is 1.